The average Bonchev–Trinajstić information content (AvgIpc) is 3.01. The predicted octanol–water partition coefficient (Wildman–Crippen LogP) is 5.62. The lowest BCUT2D eigenvalue weighted by atomic mass is 9.97. The molecule has 0 N–H and O–H groups in total. The van der Waals surface area contributed by atoms with E-state index in [0.717, 1.165) is 6.42 Å². The molecule has 1 aromatic rings. The third kappa shape index (κ3) is 4.39. The van der Waals surface area contributed by atoms with Crippen LogP contribution in [0.2, 0.25) is 18.1 Å². The lowest BCUT2D eigenvalue weighted by molar-refractivity contribution is -0.188. The highest BCUT2D eigenvalue weighted by molar-refractivity contribution is 6.74. The Morgan fingerprint density at radius 1 is 0.929 bits per heavy atom. The summed E-state index contributed by atoms with van der Waals surface area (Å²) in [5.41, 5.74) is 0.761. The van der Waals surface area contributed by atoms with E-state index in [1.54, 1.807) is 0 Å². The van der Waals surface area contributed by atoms with Gasteiger partial charge in [0.15, 0.2) is 14.1 Å². The Kier molecular flexibility index (Phi) is 5.65. The fraction of sp³-hybridized carbons (Fsp3) is 0.739. The minimum atomic E-state index is -1.92. The van der Waals surface area contributed by atoms with Gasteiger partial charge < -0.3 is 18.6 Å². The molecule has 1 saturated heterocycles. The first kappa shape index (κ1) is 22.0. The minimum absolute atomic E-state index is 0.00393. The molecule has 1 aliphatic heterocycles. The molecule has 0 bridgehead atoms. The molecule has 1 heterocycles. The summed E-state index contributed by atoms with van der Waals surface area (Å²) in [5, 5.41) is 0.153. The molecule has 0 amide bonds. The van der Waals surface area contributed by atoms with Crippen molar-refractivity contribution in [1.29, 1.82) is 0 Å². The maximum atomic E-state index is 6.77. The van der Waals surface area contributed by atoms with E-state index >= 15 is 0 Å². The van der Waals surface area contributed by atoms with E-state index in [1.165, 1.54) is 5.56 Å². The zero-order chi connectivity index (χ0) is 21.0. The molecule has 28 heavy (non-hydrogen) atoms. The van der Waals surface area contributed by atoms with Gasteiger partial charge in [0.2, 0.25) is 0 Å². The van der Waals surface area contributed by atoms with Gasteiger partial charge in [-0.05, 0) is 51.4 Å². The number of benzene rings is 1. The molecular formula is C23H38O4Si. The van der Waals surface area contributed by atoms with Gasteiger partial charge in [-0.3, -0.25) is 0 Å². The molecule has 1 saturated carbocycles. The maximum Gasteiger partial charge on any atom is 0.192 e. The lowest BCUT2D eigenvalue weighted by Gasteiger charge is -2.39. The fourth-order valence-electron chi connectivity index (χ4n) is 3.96. The van der Waals surface area contributed by atoms with E-state index in [1.807, 2.05) is 19.9 Å². The van der Waals surface area contributed by atoms with Gasteiger partial charge in [-0.15, -0.1) is 0 Å². The van der Waals surface area contributed by atoms with E-state index in [2.05, 4.69) is 72.0 Å². The molecule has 4 atom stereocenters. The largest absolute Gasteiger partial charge is 0.411 e. The van der Waals surface area contributed by atoms with Gasteiger partial charge in [0, 0.05) is 6.42 Å². The van der Waals surface area contributed by atoms with Gasteiger partial charge in [0.1, 0.15) is 12.2 Å². The lowest BCUT2D eigenvalue weighted by Crippen LogP contribution is -2.46. The first-order valence-electron chi connectivity index (χ1n) is 10.5. The van der Waals surface area contributed by atoms with E-state index in [4.69, 9.17) is 18.6 Å². The highest BCUT2D eigenvalue weighted by Crippen LogP contribution is 2.46. The number of ether oxygens (including phenoxy) is 3. The van der Waals surface area contributed by atoms with Gasteiger partial charge in [-0.25, -0.2) is 0 Å². The SMILES string of the molecule is CC1(C)O[C@@H]2[C@H](O1)[C@@H](OC(C)(C)c1ccccc1)C[C@H]2O[Si](C)(C)C(C)(C)C. The minimum Gasteiger partial charge on any atom is -0.411 e. The van der Waals surface area contributed by atoms with Crippen molar-refractivity contribution >= 4 is 8.32 Å². The molecule has 1 aliphatic carbocycles. The molecule has 4 nitrogen and oxygen atoms in total. The van der Waals surface area contributed by atoms with Crippen molar-refractivity contribution in [3.63, 3.8) is 0 Å². The van der Waals surface area contributed by atoms with Crippen LogP contribution >= 0.6 is 0 Å². The van der Waals surface area contributed by atoms with Gasteiger partial charge in [-0.2, -0.15) is 0 Å². The Morgan fingerprint density at radius 3 is 2.00 bits per heavy atom. The second kappa shape index (κ2) is 7.20. The second-order valence-corrected chi connectivity index (χ2v) is 15.5. The van der Waals surface area contributed by atoms with Crippen molar-refractivity contribution < 1.29 is 18.6 Å². The molecular weight excluding hydrogens is 368 g/mol. The van der Waals surface area contributed by atoms with Crippen LogP contribution in [0.3, 0.4) is 0 Å². The Balaban J connectivity index is 1.81. The van der Waals surface area contributed by atoms with Crippen LogP contribution in [-0.4, -0.2) is 38.5 Å². The number of hydrogen-bond acceptors (Lipinski definition) is 4. The summed E-state index contributed by atoms with van der Waals surface area (Å²) < 4.78 is 26.0. The topological polar surface area (TPSA) is 36.9 Å². The van der Waals surface area contributed by atoms with E-state index in [-0.39, 0.29) is 29.5 Å². The quantitative estimate of drug-likeness (QED) is 0.595. The third-order valence-corrected chi connectivity index (χ3v) is 11.0. The standard InChI is InChI=1S/C23H38O4Si/c1-21(2,3)28(8,9)27-18-15-17(19-20(18)26-23(6,7)25-19)24-22(4,5)16-13-11-10-12-14-16/h10-14,17-20H,15H2,1-9H3/t17-,18+,19+,20-/m0/s1. The van der Waals surface area contributed by atoms with Crippen LogP contribution in [0.15, 0.2) is 30.3 Å². The highest BCUT2D eigenvalue weighted by atomic mass is 28.4. The van der Waals surface area contributed by atoms with Crippen molar-refractivity contribution in [2.24, 2.45) is 0 Å². The summed E-state index contributed by atoms with van der Waals surface area (Å²) in [5.74, 6) is -0.608. The van der Waals surface area contributed by atoms with Gasteiger partial charge in [0.25, 0.3) is 0 Å². The van der Waals surface area contributed by atoms with E-state index in [9.17, 15) is 0 Å². The molecule has 2 aliphatic rings. The summed E-state index contributed by atoms with van der Waals surface area (Å²) in [6.45, 7) is 19.6. The molecule has 0 unspecified atom stereocenters. The van der Waals surface area contributed by atoms with Crippen LogP contribution in [-0.2, 0) is 24.2 Å². The van der Waals surface area contributed by atoms with Crippen LogP contribution in [0.5, 0.6) is 0 Å². The molecule has 2 fully saturated rings. The Labute approximate surface area is 172 Å². The van der Waals surface area contributed by atoms with Gasteiger partial charge >= 0.3 is 0 Å². The van der Waals surface area contributed by atoms with E-state index in [0.29, 0.717) is 0 Å². The van der Waals surface area contributed by atoms with Crippen molar-refractivity contribution in [2.45, 2.75) is 109 Å². The first-order chi connectivity index (χ1) is 12.7. The number of hydrogen-bond donors (Lipinski definition) is 0. The maximum absolute atomic E-state index is 6.77. The highest BCUT2D eigenvalue weighted by Gasteiger charge is 2.57. The summed E-state index contributed by atoms with van der Waals surface area (Å²) in [4.78, 5) is 0. The first-order valence-corrected chi connectivity index (χ1v) is 13.4. The predicted molar refractivity (Wildman–Crippen MR) is 115 cm³/mol. The van der Waals surface area contributed by atoms with Crippen LogP contribution < -0.4 is 0 Å². The summed E-state index contributed by atoms with van der Waals surface area (Å²) in [7, 11) is -1.92. The molecule has 0 spiro atoms. The van der Waals surface area contributed by atoms with Crippen LogP contribution in [0.25, 0.3) is 0 Å². The summed E-state index contributed by atoms with van der Waals surface area (Å²) in [6.07, 6.45) is 0.559. The Morgan fingerprint density at radius 2 is 1.46 bits per heavy atom. The average molecular weight is 407 g/mol. The van der Waals surface area contributed by atoms with E-state index < -0.39 is 19.7 Å². The van der Waals surface area contributed by atoms with Crippen molar-refractivity contribution in [1.82, 2.24) is 0 Å². The molecule has 0 radical (unpaired) electrons. The van der Waals surface area contributed by atoms with Crippen molar-refractivity contribution in [3.05, 3.63) is 35.9 Å². The molecule has 3 rings (SSSR count). The van der Waals surface area contributed by atoms with Crippen LogP contribution in [0.1, 0.15) is 60.5 Å². The number of fused-ring (bicyclic) bond motifs is 1. The number of rotatable bonds is 5. The third-order valence-electron chi connectivity index (χ3n) is 6.53. The van der Waals surface area contributed by atoms with Gasteiger partial charge in [-0.1, -0.05) is 51.1 Å². The Hall–Kier alpha value is -0.723. The summed E-state index contributed by atoms with van der Waals surface area (Å²) in [6, 6.07) is 10.4. The van der Waals surface area contributed by atoms with Crippen LogP contribution in [0.4, 0.5) is 0 Å². The smallest absolute Gasteiger partial charge is 0.192 e. The molecule has 0 aromatic heterocycles. The van der Waals surface area contributed by atoms with Crippen LogP contribution in [0, 0.1) is 0 Å². The van der Waals surface area contributed by atoms with Gasteiger partial charge in [0.05, 0.1) is 17.8 Å². The normalized spacial score (nSPS) is 30.5. The second-order valence-electron chi connectivity index (χ2n) is 10.7. The molecule has 1 aromatic carbocycles. The van der Waals surface area contributed by atoms with Crippen molar-refractivity contribution in [2.75, 3.05) is 0 Å². The summed E-state index contributed by atoms with van der Waals surface area (Å²) >= 11 is 0. The monoisotopic (exact) mass is 406 g/mol. The fourth-order valence-corrected chi connectivity index (χ4v) is 5.30. The molecule has 158 valence electrons. The Bertz CT molecular complexity index is 678. The zero-order valence-electron chi connectivity index (χ0n) is 19.0. The molecule has 5 heteroatoms. The van der Waals surface area contributed by atoms with Crippen molar-refractivity contribution in [3.8, 4) is 0 Å². The zero-order valence-corrected chi connectivity index (χ0v) is 20.0.